The average molecular weight is 880 g/mol. The molecule has 1 heterocycles. The lowest BCUT2D eigenvalue weighted by Crippen LogP contribution is -2.37. The maximum atomic E-state index is 12.8. The smallest absolute Gasteiger partial charge is 0.306 e. The summed E-state index contributed by atoms with van der Waals surface area (Å²) in [6, 6.07) is 0. The van der Waals surface area contributed by atoms with Gasteiger partial charge in [-0.2, -0.15) is 0 Å². The number of nitrogens with zero attached hydrogens (tertiary/aromatic N) is 1. The van der Waals surface area contributed by atoms with Crippen LogP contribution in [0.2, 0.25) is 0 Å². The van der Waals surface area contributed by atoms with Crippen LogP contribution in [0.3, 0.4) is 0 Å². The first kappa shape index (κ1) is 56.2. The fourth-order valence-electron chi connectivity index (χ4n) is 6.32. The molecule has 0 aliphatic carbocycles. The molecular weight excluding hydrogens is 797 g/mol. The Morgan fingerprint density at radius 1 is 0.705 bits per heavy atom. The number of carbonyl (C=O) groups is 2. The lowest BCUT2D eigenvalue weighted by molar-refractivity contribution is -0.870. The van der Waals surface area contributed by atoms with Gasteiger partial charge >= 0.3 is 11.9 Å². The number of aliphatic hydroxyl groups excluding tert-OH is 2. The van der Waals surface area contributed by atoms with Gasteiger partial charge in [0.05, 0.1) is 40.0 Å². The summed E-state index contributed by atoms with van der Waals surface area (Å²) in [5.74, 6) is 1.11. The molecule has 1 unspecified atom stereocenters. The fourth-order valence-corrected chi connectivity index (χ4v) is 7.05. The van der Waals surface area contributed by atoms with Crippen LogP contribution in [0.25, 0.3) is 0 Å². The van der Waals surface area contributed by atoms with E-state index in [0.717, 1.165) is 101 Å². The van der Waals surface area contributed by atoms with Gasteiger partial charge < -0.3 is 42.5 Å². The molecule has 61 heavy (non-hydrogen) atoms. The van der Waals surface area contributed by atoms with E-state index in [1.807, 2.05) is 39.4 Å². The first-order chi connectivity index (χ1) is 29.1. The molecule has 0 saturated heterocycles. The minimum absolute atomic E-state index is 0.0489. The molecule has 0 aromatic carbocycles. The molecule has 13 heteroatoms. The van der Waals surface area contributed by atoms with Crippen molar-refractivity contribution in [2.24, 2.45) is 0 Å². The molecule has 4 atom stereocenters. The number of aryl methyl sites for hydroxylation is 2. The number of hydrogen-bond donors (Lipinski definition) is 2. The molecule has 0 aliphatic rings. The van der Waals surface area contributed by atoms with Crippen molar-refractivity contribution in [1.29, 1.82) is 0 Å². The number of hydrogen-bond acceptors (Lipinski definition) is 11. The van der Waals surface area contributed by atoms with Crippen LogP contribution in [0.15, 0.2) is 53.0 Å². The first-order valence-electron chi connectivity index (χ1n) is 22.9. The lowest BCUT2D eigenvalue weighted by atomic mass is 10.0. The summed E-state index contributed by atoms with van der Waals surface area (Å²) >= 11 is 0. The van der Waals surface area contributed by atoms with Gasteiger partial charge in [-0.25, -0.2) is 0 Å². The van der Waals surface area contributed by atoms with Gasteiger partial charge in [-0.15, -0.1) is 0 Å². The zero-order valence-electron chi connectivity index (χ0n) is 38.8. The van der Waals surface area contributed by atoms with Crippen LogP contribution >= 0.6 is 7.82 Å². The van der Waals surface area contributed by atoms with Crippen molar-refractivity contribution in [1.82, 2.24) is 0 Å². The third-order valence-electron chi connectivity index (χ3n) is 10.2. The molecule has 0 saturated carbocycles. The van der Waals surface area contributed by atoms with E-state index in [2.05, 4.69) is 58.1 Å². The number of aliphatic hydroxyl groups is 2. The number of likely N-dealkylation sites (N-methyl/N-ethyl adjacent to an activating group) is 1. The Morgan fingerprint density at radius 2 is 1.25 bits per heavy atom. The molecule has 0 bridgehead atoms. The van der Waals surface area contributed by atoms with Crippen LogP contribution in [0.4, 0.5) is 0 Å². The first-order valence-corrected chi connectivity index (χ1v) is 24.3. The minimum atomic E-state index is -4.71. The summed E-state index contributed by atoms with van der Waals surface area (Å²) in [5, 5.41) is 20.7. The van der Waals surface area contributed by atoms with Crippen LogP contribution in [-0.2, 0) is 45.5 Å². The molecule has 1 aromatic heterocycles. The van der Waals surface area contributed by atoms with Gasteiger partial charge in [-0.1, -0.05) is 101 Å². The number of carbonyl (C=O) groups excluding carboxylic acids is 2. The molecule has 0 spiro atoms. The van der Waals surface area contributed by atoms with Gasteiger partial charge in [0, 0.05) is 25.7 Å². The summed E-state index contributed by atoms with van der Waals surface area (Å²) in [5.41, 5.74) is 2.59. The van der Waals surface area contributed by atoms with Crippen LogP contribution in [-0.4, -0.2) is 92.5 Å². The largest absolute Gasteiger partial charge is 0.756 e. The average Bonchev–Trinajstić information content (AvgIpc) is 3.46. The van der Waals surface area contributed by atoms with Crippen molar-refractivity contribution < 1.29 is 56.7 Å². The van der Waals surface area contributed by atoms with E-state index in [-0.39, 0.29) is 38.7 Å². The molecule has 1 aromatic rings. The number of ether oxygens (including phenoxy) is 2. The highest BCUT2D eigenvalue weighted by molar-refractivity contribution is 7.45. The Morgan fingerprint density at radius 3 is 1.84 bits per heavy atom. The van der Waals surface area contributed by atoms with Crippen LogP contribution in [0, 0.1) is 13.8 Å². The highest BCUT2D eigenvalue weighted by Gasteiger charge is 2.22. The van der Waals surface area contributed by atoms with Crippen molar-refractivity contribution in [3.8, 4) is 0 Å². The van der Waals surface area contributed by atoms with E-state index in [0.29, 0.717) is 17.4 Å². The van der Waals surface area contributed by atoms with Gasteiger partial charge in [-0.3, -0.25) is 14.2 Å². The summed E-state index contributed by atoms with van der Waals surface area (Å²) in [6.45, 7) is 7.96. The monoisotopic (exact) mass is 880 g/mol. The van der Waals surface area contributed by atoms with Crippen LogP contribution in [0.5, 0.6) is 0 Å². The SMILES string of the molecule is CC/C=C\C/C=C\C/C=C\C/C=C\C[C@H](O)[C@@H](O)CCCC(=O)OC[C@H](COP(=O)([O-])OCC[N+](C)(C)C)OC(=O)CCCCCCCCCCc1oc(CCC)c(C)c1C. The highest BCUT2D eigenvalue weighted by Crippen LogP contribution is 2.38. The number of rotatable bonds is 37. The van der Waals surface area contributed by atoms with E-state index < -0.39 is 51.3 Å². The fraction of sp³-hybridized carbons (Fsp3) is 0.708. The number of quaternary nitrogens is 1. The Kier molecular flexibility index (Phi) is 31.0. The second-order valence-corrected chi connectivity index (χ2v) is 18.3. The summed E-state index contributed by atoms with van der Waals surface area (Å²) < 4.78 is 39.9. The van der Waals surface area contributed by atoms with Gasteiger partial charge in [0.15, 0.2) is 6.10 Å². The molecule has 1 rings (SSSR count). The van der Waals surface area contributed by atoms with Crippen molar-refractivity contribution in [2.75, 3.05) is 47.5 Å². The van der Waals surface area contributed by atoms with Gasteiger partial charge in [-0.05, 0) is 89.2 Å². The third kappa shape index (κ3) is 30.0. The third-order valence-corrected chi connectivity index (χ3v) is 11.2. The topological polar surface area (TPSA) is 165 Å². The lowest BCUT2D eigenvalue weighted by Gasteiger charge is -2.28. The molecule has 350 valence electrons. The predicted octanol–water partition coefficient (Wildman–Crippen LogP) is 9.65. The van der Waals surface area contributed by atoms with Crippen molar-refractivity contribution in [3.05, 3.63) is 71.3 Å². The van der Waals surface area contributed by atoms with E-state index in [4.69, 9.17) is 22.9 Å². The van der Waals surface area contributed by atoms with E-state index in [9.17, 15) is 29.3 Å². The predicted molar refractivity (Wildman–Crippen MR) is 242 cm³/mol. The molecule has 0 radical (unpaired) electrons. The van der Waals surface area contributed by atoms with Crippen molar-refractivity contribution >= 4 is 19.8 Å². The number of unbranched alkanes of at least 4 members (excludes halogenated alkanes) is 7. The molecule has 0 aliphatic heterocycles. The zero-order chi connectivity index (χ0) is 45.4. The summed E-state index contributed by atoms with van der Waals surface area (Å²) in [4.78, 5) is 37.7. The summed E-state index contributed by atoms with van der Waals surface area (Å²) in [7, 11) is 0.981. The Labute approximate surface area is 368 Å². The van der Waals surface area contributed by atoms with Gasteiger partial charge in [0.2, 0.25) is 0 Å². The van der Waals surface area contributed by atoms with Crippen molar-refractivity contribution in [2.45, 2.75) is 174 Å². The maximum absolute atomic E-state index is 12.8. The number of esters is 2. The molecule has 0 fully saturated rings. The number of allylic oxidation sites excluding steroid dienone is 7. The van der Waals surface area contributed by atoms with Crippen molar-refractivity contribution in [3.63, 3.8) is 0 Å². The van der Waals surface area contributed by atoms with Crippen LogP contribution < -0.4 is 4.89 Å². The Bertz CT molecular complexity index is 1490. The molecule has 2 N–H and O–H groups in total. The second-order valence-electron chi connectivity index (χ2n) is 16.9. The quantitative estimate of drug-likeness (QED) is 0.0215. The number of furan rings is 1. The van der Waals surface area contributed by atoms with Gasteiger partial charge in [0.25, 0.3) is 7.82 Å². The highest BCUT2D eigenvalue weighted by atomic mass is 31.2. The van der Waals surface area contributed by atoms with Gasteiger partial charge in [0.1, 0.15) is 31.3 Å². The second kappa shape index (κ2) is 33.7. The molecular formula is C48H82NO11P. The number of phosphoric acid groups is 1. The van der Waals surface area contributed by atoms with Crippen LogP contribution in [0.1, 0.15) is 152 Å². The summed E-state index contributed by atoms with van der Waals surface area (Å²) in [6.07, 6.45) is 28.8. The molecule has 0 amide bonds. The zero-order valence-corrected chi connectivity index (χ0v) is 39.7. The van der Waals surface area contributed by atoms with E-state index >= 15 is 0 Å². The standard InChI is InChI=1S/C48H82NO11P/c1-8-10-11-12-13-14-15-16-17-20-23-26-31-43(50)44(51)32-29-35-47(52)56-38-42(39-58-61(54,55)57-37-36-49(5,6)7)59-48(53)34-28-25-22-19-18-21-24-27-33-46-41(4)40(3)45(60-46)30-9-2/h10-11,13-14,16-17,23,26,42-44,50-51H,8-9,12,15,18-22,24-25,27-39H2,1-7H3/b11-10-,14-13-,17-16-,26-23-/t42-,43+,44+/m1/s1. The van der Waals surface area contributed by atoms with E-state index in [1.54, 1.807) is 0 Å². The molecule has 12 nitrogen and oxygen atoms in total. The Balaban J connectivity index is 2.44. The maximum Gasteiger partial charge on any atom is 0.306 e. The number of phosphoric ester groups is 1. The Hall–Kier alpha value is -2.83. The van der Waals surface area contributed by atoms with E-state index in [1.165, 1.54) is 11.1 Å². The minimum Gasteiger partial charge on any atom is -0.756 e. The normalized spacial score (nSPS) is 15.0.